The standard InChI is InChI=1S/C9H13IN2O/c1-7-6-11-12(9(7)10)8-4-2-3-5-13-8/h6,8H,2-5H2,1H3. The van der Waals surface area contributed by atoms with Crippen LogP contribution in [0.15, 0.2) is 6.20 Å². The van der Waals surface area contributed by atoms with Crippen LogP contribution in [-0.4, -0.2) is 16.4 Å². The van der Waals surface area contributed by atoms with E-state index in [4.69, 9.17) is 4.74 Å². The van der Waals surface area contributed by atoms with Crippen LogP contribution >= 0.6 is 22.6 Å². The number of hydrogen-bond acceptors (Lipinski definition) is 2. The lowest BCUT2D eigenvalue weighted by Crippen LogP contribution is -2.20. The number of aryl methyl sites for hydroxylation is 1. The molecule has 3 nitrogen and oxygen atoms in total. The average molecular weight is 292 g/mol. The van der Waals surface area contributed by atoms with E-state index >= 15 is 0 Å². The molecule has 0 N–H and O–H groups in total. The Hall–Kier alpha value is -0.100. The highest BCUT2D eigenvalue weighted by atomic mass is 127. The van der Waals surface area contributed by atoms with E-state index in [9.17, 15) is 0 Å². The normalized spacial score (nSPS) is 23.4. The summed E-state index contributed by atoms with van der Waals surface area (Å²) < 4.78 is 8.85. The highest BCUT2D eigenvalue weighted by Gasteiger charge is 2.18. The predicted molar refractivity (Wildman–Crippen MR) is 58.5 cm³/mol. The van der Waals surface area contributed by atoms with Gasteiger partial charge in [0.25, 0.3) is 0 Å². The largest absolute Gasteiger partial charge is 0.356 e. The first-order valence-electron chi connectivity index (χ1n) is 4.60. The maximum atomic E-state index is 5.65. The number of hydrogen-bond donors (Lipinski definition) is 0. The number of halogens is 1. The highest BCUT2D eigenvalue weighted by molar-refractivity contribution is 14.1. The van der Waals surface area contributed by atoms with Gasteiger partial charge in [-0.1, -0.05) is 0 Å². The van der Waals surface area contributed by atoms with E-state index in [1.54, 1.807) is 0 Å². The number of rotatable bonds is 1. The fourth-order valence-corrected chi connectivity index (χ4v) is 2.13. The third-order valence-electron chi connectivity index (χ3n) is 2.33. The van der Waals surface area contributed by atoms with Gasteiger partial charge in [-0.2, -0.15) is 5.10 Å². The molecule has 0 bridgehead atoms. The maximum Gasteiger partial charge on any atom is 0.151 e. The zero-order valence-electron chi connectivity index (χ0n) is 7.66. The van der Waals surface area contributed by atoms with Crippen LogP contribution in [0, 0.1) is 10.6 Å². The summed E-state index contributed by atoms with van der Waals surface area (Å²) in [7, 11) is 0. The monoisotopic (exact) mass is 292 g/mol. The summed E-state index contributed by atoms with van der Waals surface area (Å²) in [6.45, 7) is 2.95. The van der Waals surface area contributed by atoms with Gasteiger partial charge in [-0.25, -0.2) is 4.68 Å². The van der Waals surface area contributed by atoms with Crippen LogP contribution in [0.2, 0.25) is 0 Å². The Labute approximate surface area is 91.6 Å². The van der Waals surface area contributed by atoms with Crippen LogP contribution in [-0.2, 0) is 4.74 Å². The molecule has 1 aromatic heterocycles. The summed E-state index contributed by atoms with van der Waals surface area (Å²) >= 11 is 2.32. The molecule has 1 aromatic rings. The summed E-state index contributed by atoms with van der Waals surface area (Å²) in [5.74, 6) is 0. The first kappa shape index (κ1) is 9.45. The minimum atomic E-state index is 0.175. The van der Waals surface area contributed by atoms with Gasteiger partial charge in [0, 0.05) is 12.2 Å². The second-order valence-corrected chi connectivity index (χ2v) is 4.41. The molecule has 4 heteroatoms. The second kappa shape index (κ2) is 3.96. The lowest BCUT2D eigenvalue weighted by atomic mass is 10.2. The Morgan fingerprint density at radius 1 is 1.62 bits per heavy atom. The molecule has 2 heterocycles. The van der Waals surface area contributed by atoms with Crippen LogP contribution in [0.4, 0.5) is 0 Å². The van der Waals surface area contributed by atoms with E-state index in [0.29, 0.717) is 0 Å². The molecule has 13 heavy (non-hydrogen) atoms. The topological polar surface area (TPSA) is 27.1 Å². The molecule has 0 saturated carbocycles. The first-order chi connectivity index (χ1) is 6.29. The Morgan fingerprint density at radius 3 is 3.00 bits per heavy atom. The van der Waals surface area contributed by atoms with E-state index < -0.39 is 0 Å². The quantitative estimate of drug-likeness (QED) is 0.744. The van der Waals surface area contributed by atoms with Crippen LogP contribution in [0.5, 0.6) is 0 Å². The maximum absolute atomic E-state index is 5.65. The molecule has 1 aliphatic heterocycles. The van der Waals surface area contributed by atoms with Gasteiger partial charge in [-0.05, 0) is 48.8 Å². The minimum absolute atomic E-state index is 0.175. The Morgan fingerprint density at radius 2 is 2.46 bits per heavy atom. The van der Waals surface area contributed by atoms with Crippen molar-refractivity contribution in [3.05, 3.63) is 15.5 Å². The zero-order chi connectivity index (χ0) is 9.26. The molecule has 0 spiro atoms. The Balaban J connectivity index is 2.18. The lowest BCUT2D eigenvalue weighted by molar-refractivity contribution is -0.0411. The van der Waals surface area contributed by atoms with Crippen molar-refractivity contribution in [1.82, 2.24) is 9.78 Å². The molecule has 0 aromatic carbocycles. The first-order valence-corrected chi connectivity index (χ1v) is 5.68. The molecule has 72 valence electrons. The minimum Gasteiger partial charge on any atom is -0.356 e. The molecule has 0 aliphatic carbocycles. The lowest BCUT2D eigenvalue weighted by Gasteiger charge is -2.23. The summed E-state index contributed by atoms with van der Waals surface area (Å²) in [6.07, 6.45) is 5.61. The van der Waals surface area contributed by atoms with Crippen molar-refractivity contribution in [3.8, 4) is 0 Å². The van der Waals surface area contributed by atoms with E-state index in [0.717, 1.165) is 13.0 Å². The van der Waals surface area contributed by atoms with Crippen LogP contribution in [0.3, 0.4) is 0 Å². The molecule has 1 aliphatic rings. The van der Waals surface area contributed by atoms with E-state index in [-0.39, 0.29) is 6.23 Å². The van der Waals surface area contributed by atoms with Crippen LogP contribution in [0.25, 0.3) is 0 Å². The second-order valence-electron chi connectivity index (χ2n) is 3.38. The summed E-state index contributed by atoms with van der Waals surface area (Å²) in [4.78, 5) is 0. The van der Waals surface area contributed by atoms with Crippen molar-refractivity contribution >= 4 is 22.6 Å². The molecule has 2 rings (SSSR count). The zero-order valence-corrected chi connectivity index (χ0v) is 9.82. The van der Waals surface area contributed by atoms with Gasteiger partial charge in [0.15, 0.2) is 6.23 Å². The highest BCUT2D eigenvalue weighted by Crippen LogP contribution is 2.24. The Kier molecular flexibility index (Phi) is 2.88. The van der Waals surface area contributed by atoms with Gasteiger partial charge in [0.05, 0.1) is 6.20 Å². The molecular formula is C9H13IN2O. The summed E-state index contributed by atoms with van der Waals surface area (Å²) in [6, 6.07) is 0. The van der Waals surface area contributed by atoms with Crippen molar-refractivity contribution in [2.75, 3.05) is 6.61 Å². The van der Waals surface area contributed by atoms with Gasteiger partial charge in [-0.3, -0.25) is 0 Å². The molecular weight excluding hydrogens is 279 g/mol. The smallest absolute Gasteiger partial charge is 0.151 e. The summed E-state index contributed by atoms with van der Waals surface area (Å²) in [5.41, 5.74) is 1.23. The molecule has 1 unspecified atom stereocenters. The third-order valence-corrected chi connectivity index (χ3v) is 3.68. The van der Waals surface area contributed by atoms with Crippen molar-refractivity contribution in [2.24, 2.45) is 0 Å². The molecule has 1 saturated heterocycles. The third kappa shape index (κ3) is 1.88. The molecule has 1 fully saturated rings. The molecule has 0 radical (unpaired) electrons. The number of ether oxygens (including phenoxy) is 1. The SMILES string of the molecule is Cc1cnn(C2CCCCO2)c1I. The summed E-state index contributed by atoms with van der Waals surface area (Å²) in [5, 5.41) is 4.32. The van der Waals surface area contributed by atoms with Crippen molar-refractivity contribution in [1.29, 1.82) is 0 Å². The van der Waals surface area contributed by atoms with Gasteiger partial charge in [-0.15, -0.1) is 0 Å². The van der Waals surface area contributed by atoms with E-state index in [1.165, 1.54) is 22.1 Å². The van der Waals surface area contributed by atoms with Gasteiger partial charge in [0.2, 0.25) is 0 Å². The number of aromatic nitrogens is 2. The van der Waals surface area contributed by atoms with Crippen molar-refractivity contribution in [2.45, 2.75) is 32.4 Å². The fraction of sp³-hybridized carbons (Fsp3) is 0.667. The molecule has 1 atom stereocenters. The Bertz CT molecular complexity index is 292. The van der Waals surface area contributed by atoms with Gasteiger partial charge >= 0.3 is 0 Å². The average Bonchev–Trinajstić information content (AvgIpc) is 2.49. The van der Waals surface area contributed by atoms with Gasteiger partial charge in [0.1, 0.15) is 3.70 Å². The van der Waals surface area contributed by atoms with E-state index in [2.05, 4.69) is 34.6 Å². The predicted octanol–water partition coefficient (Wildman–Crippen LogP) is 2.50. The van der Waals surface area contributed by atoms with Crippen LogP contribution < -0.4 is 0 Å². The molecule has 0 amide bonds. The van der Waals surface area contributed by atoms with Crippen molar-refractivity contribution < 1.29 is 4.74 Å². The van der Waals surface area contributed by atoms with Crippen molar-refractivity contribution in [3.63, 3.8) is 0 Å². The fourth-order valence-electron chi connectivity index (χ4n) is 1.55. The van der Waals surface area contributed by atoms with Crippen LogP contribution in [0.1, 0.15) is 31.1 Å². The van der Waals surface area contributed by atoms with Gasteiger partial charge < -0.3 is 4.74 Å². The number of nitrogens with zero attached hydrogens (tertiary/aromatic N) is 2. The van der Waals surface area contributed by atoms with E-state index in [1.807, 2.05) is 10.9 Å².